The van der Waals surface area contributed by atoms with E-state index < -0.39 is 17.1 Å². The molecule has 0 aromatic heterocycles. The molecule has 1 aliphatic heterocycles. The Bertz CT molecular complexity index is 1270. The second-order valence-electron chi connectivity index (χ2n) is 7.23. The van der Waals surface area contributed by atoms with Crippen molar-refractivity contribution in [3.8, 4) is 5.75 Å². The van der Waals surface area contributed by atoms with Crippen LogP contribution in [0.4, 0.5) is 4.79 Å². The van der Waals surface area contributed by atoms with Crippen molar-refractivity contribution in [2.75, 3.05) is 13.2 Å². The highest BCUT2D eigenvalue weighted by Gasteiger charge is 2.36. The maximum atomic E-state index is 12.5. The van der Waals surface area contributed by atoms with E-state index in [1.165, 1.54) is 10.8 Å². The molecule has 1 aliphatic rings. The first-order valence-electron chi connectivity index (χ1n) is 10.3. The molecule has 168 valence electrons. The molecule has 0 aliphatic carbocycles. The lowest BCUT2D eigenvalue weighted by molar-refractivity contribution is -0.145. The van der Waals surface area contributed by atoms with E-state index in [9.17, 15) is 14.4 Å². The Hall–Kier alpha value is -2.85. The smallest absolute Gasteiger partial charge is 0.326 e. The van der Waals surface area contributed by atoms with E-state index in [1.54, 1.807) is 13.0 Å². The van der Waals surface area contributed by atoms with Crippen LogP contribution in [0.25, 0.3) is 16.8 Å². The fraction of sp³-hybridized carbons (Fsp3) is 0.160. The number of carbonyl (C=O) groups is 3. The first kappa shape index (κ1) is 23.3. The molecule has 1 fully saturated rings. The predicted octanol–water partition coefficient (Wildman–Crippen LogP) is 5.62. The fourth-order valence-corrected chi connectivity index (χ4v) is 4.87. The van der Waals surface area contributed by atoms with Gasteiger partial charge in [0.15, 0.2) is 0 Å². The van der Waals surface area contributed by atoms with Crippen LogP contribution in [0.3, 0.4) is 0 Å². The zero-order valence-corrected chi connectivity index (χ0v) is 20.7. The molecule has 33 heavy (non-hydrogen) atoms. The van der Waals surface area contributed by atoms with E-state index in [1.807, 2.05) is 30.3 Å². The normalized spacial score (nSPS) is 14.8. The average molecular weight is 573 g/mol. The molecule has 1 heterocycles. The summed E-state index contributed by atoms with van der Waals surface area (Å²) in [4.78, 5) is 37.5. The number of ether oxygens (including phenoxy) is 2. The van der Waals surface area contributed by atoms with Gasteiger partial charge in [-0.3, -0.25) is 19.3 Å². The van der Waals surface area contributed by atoms with Crippen molar-refractivity contribution in [2.24, 2.45) is 0 Å². The Balaban J connectivity index is 1.43. The predicted molar refractivity (Wildman–Crippen MR) is 137 cm³/mol. The number of hydrogen-bond donors (Lipinski definition) is 0. The van der Waals surface area contributed by atoms with E-state index >= 15 is 0 Å². The van der Waals surface area contributed by atoms with E-state index in [0.29, 0.717) is 6.61 Å². The lowest BCUT2D eigenvalue weighted by Crippen LogP contribution is -2.34. The van der Waals surface area contributed by atoms with Gasteiger partial charge >= 0.3 is 5.97 Å². The maximum Gasteiger partial charge on any atom is 0.326 e. The second kappa shape index (κ2) is 10.4. The van der Waals surface area contributed by atoms with Gasteiger partial charge in [-0.25, -0.2) is 0 Å². The molecule has 0 atom stereocenters. The Kier molecular flexibility index (Phi) is 7.34. The lowest BCUT2D eigenvalue weighted by atomic mass is 10.1. The summed E-state index contributed by atoms with van der Waals surface area (Å²) in [6.07, 6.45) is 1.64. The molecule has 3 aromatic carbocycles. The average Bonchev–Trinajstić information content (AvgIpc) is 3.06. The number of imide groups is 1. The molecule has 3 aromatic rings. The van der Waals surface area contributed by atoms with Crippen LogP contribution < -0.4 is 4.74 Å². The van der Waals surface area contributed by atoms with Gasteiger partial charge < -0.3 is 9.47 Å². The summed E-state index contributed by atoms with van der Waals surface area (Å²) in [5.74, 6) is -0.371. The van der Waals surface area contributed by atoms with Gasteiger partial charge in [-0.2, -0.15) is 0 Å². The number of rotatable bonds is 7. The van der Waals surface area contributed by atoms with Crippen molar-refractivity contribution in [3.63, 3.8) is 0 Å². The largest absolute Gasteiger partial charge is 0.488 e. The fourth-order valence-electron chi connectivity index (χ4n) is 3.34. The molecular weight excluding hydrogens is 553 g/mol. The van der Waals surface area contributed by atoms with E-state index in [2.05, 4.69) is 52.9 Å². The number of thioether (sulfide) groups is 1. The van der Waals surface area contributed by atoms with Crippen molar-refractivity contribution in [1.82, 2.24) is 4.90 Å². The van der Waals surface area contributed by atoms with E-state index in [-0.39, 0.29) is 18.1 Å². The third-order valence-electron chi connectivity index (χ3n) is 4.93. The standard InChI is InChI=1S/C25H20INO5S/c1-2-31-23(28)14-27-24(29)22(33-25(27)30)13-16-8-10-21(20(26)12-16)32-15-17-7-9-18-5-3-4-6-19(18)11-17/h3-13H,2,14-15H2,1H3/b22-13+. The zero-order chi connectivity index (χ0) is 23.4. The Morgan fingerprint density at radius 3 is 2.61 bits per heavy atom. The van der Waals surface area contributed by atoms with Crippen LogP contribution in [-0.4, -0.2) is 35.2 Å². The molecule has 1 saturated heterocycles. The molecule has 0 spiro atoms. The number of carbonyl (C=O) groups excluding carboxylic acids is 3. The molecule has 0 bridgehead atoms. The highest BCUT2D eigenvalue weighted by atomic mass is 127. The molecule has 0 unspecified atom stereocenters. The number of benzene rings is 3. The number of amides is 2. The molecule has 8 heteroatoms. The van der Waals surface area contributed by atoms with Gasteiger partial charge in [0.1, 0.15) is 18.9 Å². The number of fused-ring (bicyclic) bond motifs is 1. The molecule has 4 rings (SSSR count). The third-order valence-corrected chi connectivity index (χ3v) is 6.68. The van der Waals surface area contributed by atoms with Crippen LogP contribution in [0, 0.1) is 3.57 Å². The molecule has 2 amide bonds. The van der Waals surface area contributed by atoms with Gasteiger partial charge in [0, 0.05) is 0 Å². The third kappa shape index (κ3) is 5.56. The number of hydrogen-bond acceptors (Lipinski definition) is 6. The number of esters is 1. The van der Waals surface area contributed by atoms with Crippen LogP contribution >= 0.6 is 34.4 Å². The minimum absolute atomic E-state index is 0.193. The van der Waals surface area contributed by atoms with Gasteiger partial charge in [0.25, 0.3) is 11.1 Å². The van der Waals surface area contributed by atoms with Crippen molar-refractivity contribution >= 4 is 68.3 Å². The SMILES string of the molecule is CCOC(=O)CN1C(=O)S/C(=C/c2ccc(OCc3ccc4ccccc4c3)c(I)c2)C1=O. The van der Waals surface area contributed by atoms with Crippen LogP contribution in [-0.2, 0) is 20.9 Å². The summed E-state index contributed by atoms with van der Waals surface area (Å²) < 4.78 is 11.7. The lowest BCUT2D eigenvalue weighted by Gasteiger charge is -2.11. The zero-order valence-electron chi connectivity index (χ0n) is 17.7. The monoisotopic (exact) mass is 573 g/mol. The van der Waals surface area contributed by atoms with Gasteiger partial charge in [0.2, 0.25) is 0 Å². The van der Waals surface area contributed by atoms with E-state index in [0.717, 1.165) is 37.1 Å². The minimum Gasteiger partial charge on any atom is -0.488 e. The van der Waals surface area contributed by atoms with Crippen molar-refractivity contribution in [3.05, 3.63) is 80.3 Å². The first-order valence-corrected chi connectivity index (χ1v) is 12.1. The molecule has 6 nitrogen and oxygen atoms in total. The van der Waals surface area contributed by atoms with Gasteiger partial charge in [0.05, 0.1) is 15.1 Å². The molecule has 0 saturated carbocycles. The molecule has 0 N–H and O–H groups in total. The molecular formula is C25H20INO5S. The van der Waals surface area contributed by atoms with Crippen molar-refractivity contribution < 1.29 is 23.9 Å². The van der Waals surface area contributed by atoms with Crippen LogP contribution in [0.5, 0.6) is 5.75 Å². The first-order chi connectivity index (χ1) is 15.9. The maximum absolute atomic E-state index is 12.5. The summed E-state index contributed by atoms with van der Waals surface area (Å²) in [6, 6.07) is 20.0. The van der Waals surface area contributed by atoms with Gasteiger partial charge in [-0.15, -0.1) is 0 Å². The van der Waals surface area contributed by atoms with Crippen molar-refractivity contribution in [1.29, 1.82) is 0 Å². The van der Waals surface area contributed by atoms with Crippen LogP contribution in [0.2, 0.25) is 0 Å². The second-order valence-corrected chi connectivity index (χ2v) is 9.39. The number of halogens is 1. The van der Waals surface area contributed by atoms with E-state index in [4.69, 9.17) is 9.47 Å². The summed E-state index contributed by atoms with van der Waals surface area (Å²) >= 11 is 3.00. The highest BCUT2D eigenvalue weighted by Crippen LogP contribution is 2.33. The summed E-state index contributed by atoms with van der Waals surface area (Å²) in [5, 5.41) is 1.87. The van der Waals surface area contributed by atoms with Crippen molar-refractivity contribution in [2.45, 2.75) is 13.5 Å². The van der Waals surface area contributed by atoms with Crippen LogP contribution in [0.1, 0.15) is 18.1 Å². The Morgan fingerprint density at radius 1 is 1.06 bits per heavy atom. The Morgan fingerprint density at radius 2 is 1.85 bits per heavy atom. The minimum atomic E-state index is -0.608. The quantitative estimate of drug-likeness (QED) is 0.208. The summed E-state index contributed by atoms with van der Waals surface area (Å²) in [5.41, 5.74) is 1.84. The highest BCUT2D eigenvalue weighted by molar-refractivity contribution is 14.1. The molecule has 0 radical (unpaired) electrons. The summed E-state index contributed by atoms with van der Waals surface area (Å²) in [6.45, 7) is 1.92. The Labute approximate surface area is 209 Å². The van der Waals surface area contributed by atoms with Crippen LogP contribution in [0.15, 0.2) is 65.6 Å². The van der Waals surface area contributed by atoms with Gasteiger partial charge in [-0.05, 0) is 87.5 Å². The van der Waals surface area contributed by atoms with Gasteiger partial charge in [-0.1, -0.05) is 42.5 Å². The summed E-state index contributed by atoms with van der Waals surface area (Å²) in [7, 11) is 0. The topological polar surface area (TPSA) is 72.9 Å². The number of nitrogens with zero attached hydrogens (tertiary/aromatic N) is 1.